The number of aryl methyl sites for hydroxylation is 1. The van der Waals surface area contributed by atoms with Gasteiger partial charge in [-0.15, -0.1) is 0 Å². The van der Waals surface area contributed by atoms with Crippen LogP contribution in [-0.4, -0.2) is 9.97 Å². The Kier molecular flexibility index (Phi) is 6.60. The maximum absolute atomic E-state index is 13.8. The molecule has 0 saturated carbocycles. The SMILES string of the molecule is CCc1nc(Oc2ccc(F)c(F)c2)c(-c2ccc(Cl)cc2)c(-c2ccc(Cl)cc2Cl)n1. The number of ether oxygens (including phenoxy) is 1. The molecule has 1 aromatic heterocycles. The highest BCUT2D eigenvalue weighted by Crippen LogP contribution is 2.42. The first kappa shape index (κ1) is 22.5. The molecule has 162 valence electrons. The van der Waals surface area contributed by atoms with Gasteiger partial charge in [0.1, 0.15) is 11.6 Å². The van der Waals surface area contributed by atoms with E-state index < -0.39 is 11.6 Å². The molecule has 8 heteroatoms. The minimum absolute atomic E-state index is 0.0908. The lowest BCUT2D eigenvalue weighted by atomic mass is 9.99. The first-order valence-corrected chi connectivity index (χ1v) is 10.7. The number of aromatic nitrogens is 2. The Labute approximate surface area is 198 Å². The van der Waals surface area contributed by atoms with Crippen molar-refractivity contribution in [3.8, 4) is 34.0 Å². The fourth-order valence-electron chi connectivity index (χ4n) is 3.12. The Morgan fingerprint density at radius 3 is 2.19 bits per heavy atom. The summed E-state index contributed by atoms with van der Waals surface area (Å²) in [5.41, 5.74) is 2.36. The van der Waals surface area contributed by atoms with Crippen molar-refractivity contribution < 1.29 is 13.5 Å². The van der Waals surface area contributed by atoms with Crippen LogP contribution in [0.25, 0.3) is 22.4 Å². The molecule has 0 radical (unpaired) electrons. The van der Waals surface area contributed by atoms with Crippen LogP contribution >= 0.6 is 34.8 Å². The van der Waals surface area contributed by atoms with Gasteiger partial charge in [-0.1, -0.05) is 53.9 Å². The zero-order valence-electron chi connectivity index (χ0n) is 16.7. The van der Waals surface area contributed by atoms with Crippen LogP contribution < -0.4 is 4.74 Å². The second kappa shape index (κ2) is 9.41. The largest absolute Gasteiger partial charge is 0.438 e. The van der Waals surface area contributed by atoms with E-state index in [1.807, 2.05) is 6.92 Å². The molecule has 0 amide bonds. The molecule has 0 unspecified atom stereocenters. The molecule has 32 heavy (non-hydrogen) atoms. The van der Waals surface area contributed by atoms with Crippen molar-refractivity contribution in [2.45, 2.75) is 13.3 Å². The number of hydrogen-bond donors (Lipinski definition) is 0. The van der Waals surface area contributed by atoms with Gasteiger partial charge in [0.2, 0.25) is 5.88 Å². The predicted molar refractivity (Wildman–Crippen MR) is 124 cm³/mol. The topological polar surface area (TPSA) is 35.0 Å². The average Bonchev–Trinajstić information content (AvgIpc) is 2.77. The van der Waals surface area contributed by atoms with E-state index in [2.05, 4.69) is 4.98 Å². The fraction of sp³-hybridized carbons (Fsp3) is 0.0833. The van der Waals surface area contributed by atoms with Gasteiger partial charge in [-0.2, -0.15) is 4.98 Å². The molecule has 4 aromatic rings. The third-order valence-electron chi connectivity index (χ3n) is 4.66. The monoisotopic (exact) mass is 490 g/mol. The molecule has 0 spiro atoms. The molecule has 1 heterocycles. The van der Waals surface area contributed by atoms with Crippen LogP contribution in [0.3, 0.4) is 0 Å². The van der Waals surface area contributed by atoms with Crippen LogP contribution in [0.4, 0.5) is 8.78 Å². The van der Waals surface area contributed by atoms with Crippen LogP contribution in [0.2, 0.25) is 15.1 Å². The second-order valence-electron chi connectivity index (χ2n) is 6.83. The fourth-order valence-corrected chi connectivity index (χ4v) is 3.75. The van der Waals surface area contributed by atoms with Crippen molar-refractivity contribution in [3.63, 3.8) is 0 Å². The molecule has 4 rings (SSSR count). The molecule has 0 saturated heterocycles. The summed E-state index contributed by atoms with van der Waals surface area (Å²) in [5, 5.41) is 1.43. The number of halogens is 5. The van der Waals surface area contributed by atoms with Gasteiger partial charge in [0, 0.05) is 28.1 Å². The van der Waals surface area contributed by atoms with Gasteiger partial charge in [-0.25, -0.2) is 13.8 Å². The van der Waals surface area contributed by atoms with Gasteiger partial charge in [0.25, 0.3) is 0 Å². The quantitative estimate of drug-likeness (QED) is 0.281. The summed E-state index contributed by atoms with van der Waals surface area (Å²) in [5.74, 6) is -1.25. The van der Waals surface area contributed by atoms with E-state index >= 15 is 0 Å². The summed E-state index contributed by atoms with van der Waals surface area (Å²) in [6.45, 7) is 1.89. The average molecular weight is 492 g/mol. The molecule has 0 atom stereocenters. The normalized spacial score (nSPS) is 10.9. The van der Waals surface area contributed by atoms with E-state index in [0.717, 1.165) is 12.1 Å². The summed E-state index contributed by atoms with van der Waals surface area (Å²) in [4.78, 5) is 9.22. The molecule has 0 aliphatic carbocycles. The number of nitrogens with zero attached hydrogens (tertiary/aromatic N) is 2. The molecule has 3 nitrogen and oxygen atoms in total. The summed E-state index contributed by atoms with van der Waals surface area (Å²) in [6, 6.07) is 15.4. The van der Waals surface area contributed by atoms with Crippen molar-refractivity contribution in [2.75, 3.05) is 0 Å². The van der Waals surface area contributed by atoms with E-state index in [9.17, 15) is 8.78 Å². The van der Waals surface area contributed by atoms with Crippen molar-refractivity contribution in [2.24, 2.45) is 0 Å². The number of rotatable bonds is 5. The highest BCUT2D eigenvalue weighted by molar-refractivity contribution is 6.36. The first-order valence-electron chi connectivity index (χ1n) is 9.61. The van der Waals surface area contributed by atoms with Crippen molar-refractivity contribution in [1.82, 2.24) is 9.97 Å². The van der Waals surface area contributed by atoms with Gasteiger partial charge in [-0.3, -0.25) is 0 Å². The van der Waals surface area contributed by atoms with E-state index in [-0.39, 0.29) is 11.6 Å². The minimum atomic E-state index is -1.03. The van der Waals surface area contributed by atoms with Crippen LogP contribution in [0, 0.1) is 11.6 Å². The Balaban J connectivity index is 1.98. The lowest BCUT2D eigenvalue weighted by molar-refractivity contribution is 0.446. The zero-order valence-corrected chi connectivity index (χ0v) is 18.9. The zero-order chi connectivity index (χ0) is 22.8. The molecule has 0 N–H and O–H groups in total. The van der Waals surface area contributed by atoms with Crippen molar-refractivity contribution in [3.05, 3.63) is 93.2 Å². The van der Waals surface area contributed by atoms with Gasteiger partial charge < -0.3 is 4.74 Å². The minimum Gasteiger partial charge on any atom is -0.438 e. The number of hydrogen-bond acceptors (Lipinski definition) is 3. The van der Waals surface area contributed by atoms with E-state index in [4.69, 9.17) is 44.5 Å². The Morgan fingerprint density at radius 1 is 0.812 bits per heavy atom. The van der Waals surface area contributed by atoms with Gasteiger partial charge in [0.15, 0.2) is 11.6 Å². The van der Waals surface area contributed by atoms with Gasteiger partial charge in [-0.05, 0) is 48.0 Å². The first-order chi connectivity index (χ1) is 15.4. The molecule has 0 fully saturated rings. The van der Waals surface area contributed by atoms with Crippen LogP contribution in [0.1, 0.15) is 12.7 Å². The Morgan fingerprint density at radius 2 is 1.53 bits per heavy atom. The molecule has 3 aromatic carbocycles. The third kappa shape index (κ3) is 4.70. The molecular formula is C24H15Cl3F2N2O. The maximum Gasteiger partial charge on any atom is 0.231 e. The maximum atomic E-state index is 13.8. The van der Waals surface area contributed by atoms with E-state index in [1.54, 1.807) is 42.5 Å². The Hall–Kier alpha value is -2.73. The summed E-state index contributed by atoms with van der Waals surface area (Å²) in [7, 11) is 0. The van der Waals surface area contributed by atoms with Crippen LogP contribution in [-0.2, 0) is 6.42 Å². The van der Waals surface area contributed by atoms with Crippen LogP contribution in [0.15, 0.2) is 60.7 Å². The van der Waals surface area contributed by atoms with E-state index in [0.29, 0.717) is 49.7 Å². The third-order valence-corrected chi connectivity index (χ3v) is 5.46. The summed E-state index contributed by atoms with van der Waals surface area (Å²) in [6.07, 6.45) is 0.507. The van der Waals surface area contributed by atoms with Crippen molar-refractivity contribution >= 4 is 34.8 Å². The van der Waals surface area contributed by atoms with Gasteiger partial charge >= 0.3 is 0 Å². The van der Waals surface area contributed by atoms with Gasteiger partial charge in [0.05, 0.1) is 16.3 Å². The lowest BCUT2D eigenvalue weighted by Crippen LogP contribution is -2.03. The molecule has 0 aliphatic heterocycles. The molecular weight excluding hydrogens is 477 g/mol. The lowest BCUT2D eigenvalue weighted by Gasteiger charge is -2.17. The Bertz CT molecular complexity index is 1300. The summed E-state index contributed by atoms with van der Waals surface area (Å²) >= 11 is 18.7. The molecule has 0 bridgehead atoms. The highest BCUT2D eigenvalue weighted by atomic mass is 35.5. The highest BCUT2D eigenvalue weighted by Gasteiger charge is 2.21. The van der Waals surface area contributed by atoms with Crippen molar-refractivity contribution in [1.29, 1.82) is 0 Å². The predicted octanol–water partition coefficient (Wildman–Crippen LogP) is 8.40. The standard InChI is InChI=1S/C24H15Cl3F2N2O/c1-2-21-30-23(17-9-7-15(26)11-18(17)27)22(13-3-5-14(25)6-4-13)24(31-21)32-16-8-10-19(28)20(29)12-16/h3-12H,2H2,1H3. The van der Waals surface area contributed by atoms with E-state index in [1.165, 1.54) is 6.07 Å². The van der Waals surface area contributed by atoms with Crippen LogP contribution in [0.5, 0.6) is 11.6 Å². The summed E-state index contributed by atoms with van der Waals surface area (Å²) < 4.78 is 33.1. The smallest absolute Gasteiger partial charge is 0.231 e. The second-order valence-corrected chi connectivity index (χ2v) is 8.11. The number of benzene rings is 3. The molecule has 0 aliphatic rings.